The molecule has 1 aromatic heterocycles. The van der Waals surface area contributed by atoms with Gasteiger partial charge in [0, 0.05) is 11.5 Å². The van der Waals surface area contributed by atoms with Crippen LogP contribution in [0.3, 0.4) is 0 Å². The lowest BCUT2D eigenvalue weighted by Gasteiger charge is -2.06. The van der Waals surface area contributed by atoms with E-state index in [4.69, 9.17) is 19.0 Å². The van der Waals surface area contributed by atoms with E-state index in [1.807, 2.05) is 0 Å². The fourth-order valence-corrected chi connectivity index (χ4v) is 2.30. The Hall–Kier alpha value is -3.28. The molecule has 6 nitrogen and oxygen atoms in total. The number of methoxy groups -OCH3 is 1. The van der Waals surface area contributed by atoms with Crippen LogP contribution >= 0.6 is 0 Å². The average Bonchev–Trinajstić information content (AvgIpc) is 2.59. The van der Waals surface area contributed by atoms with Gasteiger partial charge in [-0.2, -0.15) is 0 Å². The molecule has 2 aromatic carbocycles. The molecule has 6 heteroatoms. The molecule has 1 heterocycles. The molecule has 122 valence electrons. The molecule has 0 aliphatic heterocycles. The summed E-state index contributed by atoms with van der Waals surface area (Å²) >= 11 is 0. The molecule has 0 aliphatic rings. The summed E-state index contributed by atoms with van der Waals surface area (Å²) in [7, 11) is 1.57. The van der Waals surface area contributed by atoms with E-state index in [-0.39, 0.29) is 0 Å². The maximum Gasteiger partial charge on any atom is 0.344 e. The van der Waals surface area contributed by atoms with Crippen LogP contribution in [-0.2, 0) is 4.79 Å². The van der Waals surface area contributed by atoms with Gasteiger partial charge >= 0.3 is 11.6 Å². The lowest BCUT2D eigenvalue weighted by Crippen LogP contribution is -2.09. The van der Waals surface area contributed by atoms with E-state index >= 15 is 0 Å². The van der Waals surface area contributed by atoms with Crippen LogP contribution in [0.25, 0.3) is 22.1 Å². The number of hydrogen-bond acceptors (Lipinski definition) is 5. The first-order chi connectivity index (χ1) is 11.6. The van der Waals surface area contributed by atoms with Crippen molar-refractivity contribution < 1.29 is 23.8 Å². The van der Waals surface area contributed by atoms with E-state index in [1.54, 1.807) is 49.6 Å². The molecular weight excluding hydrogens is 312 g/mol. The molecule has 0 fully saturated rings. The summed E-state index contributed by atoms with van der Waals surface area (Å²) in [6, 6.07) is 13.7. The highest BCUT2D eigenvalue weighted by Crippen LogP contribution is 2.25. The maximum absolute atomic E-state index is 12.2. The number of hydrogen-bond donors (Lipinski definition) is 1. The number of rotatable bonds is 5. The topological polar surface area (TPSA) is 86.0 Å². The van der Waals surface area contributed by atoms with Gasteiger partial charge in [0.05, 0.1) is 12.7 Å². The fraction of sp³-hybridized carbons (Fsp3) is 0.111. The minimum absolute atomic E-state index is 0.324. The zero-order valence-electron chi connectivity index (χ0n) is 12.8. The Kier molecular flexibility index (Phi) is 4.20. The summed E-state index contributed by atoms with van der Waals surface area (Å²) in [6.45, 7) is -0.459. The highest BCUT2D eigenvalue weighted by Gasteiger charge is 2.09. The van der Waals surface area contributed by atoms with E-state index in [2.05, 4.69) is 0 Å². The van der Waals surface area contributed by atoms with Gasteiger partial charge < -0.3 is 19.0 Å². The number of carboxylic acids is 1. The molecule has 3 aromatic rings. The average molecular weight is 326 g/mol. The van der Waals surface area contributed by atoms with Gasteiger partial charge in [-0.15, -0.1) is 0 Å². The highest BCUT2D eigenvalue weighted by atomic mass is 16.5. The summed E-state index contributed by atoms with van der Waals surface area (Å²) in [4.78, 5) is 22.8. The van der Waals surface area contributed by atoms with Crippen molar-refractivity contribution in [3.8, 4) is 22.6 Å². The Bertz CT molecular complexity index is 940. The van der Waals surface area contributed by atoms with Crippen LogP contribution < -0.4 is 15.1 Å². The molecule has 1 N–H and O–H groups in total. The number of ether oxygens (including phenoxy) is 2. The molecule has 0 radical (unpaired) electrons. The summed E-state index contributed by atoms with van der Waals surface area (Å²) in [6.07, 6.45) is 0. The number of carboxylic acid groups (broad SMARTS) is 1. The van der Waals surface area contributed by atoms with E-state index in [9.17, 15) is 9.59 Å². The molecule has 0 aliphatic carbocycles. The van der Waals surface area contributed by atoms with Gasteiger partial charge in [-0.05, 0) is 35.9 Å². The van der Waals surface area contributed by atoms with Crippen molar-refractivity contribution in [2.75, 3.05) is 13.7 Å². The quantitative estimate of drug-likeness (QED) is 0.726. The van der Waals surface area contributed by atoms with Crippen LogP contribution in [0, 0.1) is 0 Å². The predicted molar refractivity (Wildman–Crippen MR) is 87.6 cm³/mol. The van der Waals surface area contributed by atoms with Crippen molar-refractivity contribution >= 4 is 16.9 Å². The number of fused-ring (bicyclic) bond motifs is 1. The largest absolute Gasteiger partial charge is 0.497 e. The van der Waals surface area contributed by atoms with Gasteiger partial charge in [-0.3, -0.25) is 0 Å². The molecule has 24 heavy (non-hydrogen) atoms. The number of benzene rings is 2. The van der Waals surface area contributed by atoms with Crippen LogP contribution in [0.2, 0.25) is 0 Å². The van der Waals surface area contributed by atoms with Crippen molar-refractivity contribution in [2.24, 2.45) is 0 Å². The number of carbonyl (C=O) groups is 1. The fourth-order valence-electron chi connectivity index (χ4n) is 2.30. The predicted octanol–water partition coefficient (Wildman–Crippen LogP) is 2.93. The lowest BCUT2D eigenvalue weighted by molar-refractivity contribution is -0.139. The summed E-state index contributed by atoms with van der Waals surface area (Å²) in [5.74, 6) is -0.0548. The molecule has 0 amide bonds. The lowest BCUT2D eigenvalue weighted by atomic mass is 10.1. The second kappa shape index (κ2) is 6.45. The Morgan fingerprint density at radius 1 is 1.08 bits per heavy atom. The van der Waals surface area contributed by atoms with Crippen molar-refractivity contribution in [3.63, 3.8) is 0 Å². The Morgan fingerprint density at radius 2 is 1.79 bits per heavy atom. The van der Waals surface area contributed by atoms with Crippen LogP contribution in [0.4, 0.5) is 0 Å². The first kappa shape index (κ1) is 15.6. The zero-order chi connectivity index (χ0) is 17.1. The van der Waals surface area contributed by atoms with E-state index < -0.39 is 18.2 Å². The van der Waals surface area contributed by atoms with Gasteiger partial charge in [0.15, 0.2) is 6.61 Å². The molecule has 0 atom stereocenters. The minimum Gasteiger partial charge on any atom is -0.497 e. The second-order valence-corrected chi connectivity index (χ2v) is 5.06. The van der Waals surface area contributed by atoms with E-state index in [0.717, 1.165) is 5.56 Å². The molecule has 0 unspecified atom stereocenters. The third-order valence-electron chi connectivity index (χ3n) is 3.47. The summed E-state index contributed by atoms with van der Waals surface area (Å²) in [5, 5.41) is 9.34. The van der Waals surface area contributed by atoms with Gasteiger partial charge in [-0.1, -0.05) is 12.1 Å². The van der Waals surface area contributed by atoms with E-state index in [0.29, 0.717) is 28.0 Å². The summed E-state index contributed by atoms with van der Waals surface area (Å²) < 4.78 is 15.5. The molecule has 0 bridgehead atoms. The summed E-state index contributed by atoms with van der Waals surface area (Å²) in [5.41, 5.74) is 1.00. The van der Waals surface area contributed by atoms with Gasteiger partial charge in [0.1, 0.15) is 17.1 Å². The second-order valence-electron chi connectivity index (χ2n) is 5.06. The van der Waals surface area contributed by atoms with Crippen molar-refractivity contribution in [1.82, 2.24) is 0 Å². The Balaban J connectivity index is 1.99. The smallest absolute Gasteiger partial charge is 0.344 e. The van der Waals surface area contributed by atoms with Crippen LogP contribution in [-0.4, -0.2) is 24.8 Å². The van der Waals surface area contributed by atoms with Crippen LogP contribution in [0.15, 0.2) is 57.7 Å². The zero-order valence-corrected chi connectivity index (χ0v) is 12.8. The van der Waals surface area contributed by atoms with Gasteiger partial charge in [0.2, 0.25) is 0 Å². The number of aliphatic carboxylic acids is 1. The SMILES string of the molecule is COc1ccc(-c2cc3ccc(OCC(=O)O)cc3oc2=O)cc1. The molecule has 0 spiro atoms. The first-order valence-electron chi connectivity index (χ1n) is 7.14. The van der Waals surface area contributed by atoms with E-state index in [1.165, 1.54) is 6.07 Å². The van der Waals surface area contributed by atoms with Crippen molar-refractivity contribution in [3.05, 3.63) is 59.0 Å². The third kappa shape index (κ3) is 3.22. The Morgan fingerprint density at radius 3 is 2.46 bits per heavy atom. The molecule has 3 rings (SSSR count). The Labute approximate surface area is 136 Å². The molecule has 0 saturated carbocycles. The standard InChI is InChI=1S/C18H14O6/c1-22-13-5-2-11(3-6-13)15-8-12-4-7-14(23-10-17(19)20)9-16(12)24-18(15)21/h2-9H,10H2,1H3,(H,19,20). The monoisotopic (exact) mass is 326 g/mol. The van der Waals surface area contributed by atoms with Gasteiger partial charge in [-0.25, -0.2) is 9.59 Å². The highest BCUT2D eigenvalue weighted by molar-refractivity contribution is 5.83. The first-order valence-corrected chi connectivity index (χ1v) is 7.14. The maximum atomic E-state index is 12.2. The van der Waals surface area contributed by atoms with Gasteiger partial charge in [0.25, 0.3) is 0 Å². The van der Waals surface area contributed by atoms with Crippen molar-refractivity contribution in [2.45, 2.75) is 0 Å². The van der Waals surface area contributed by atoms with Crippen LogP contribution in [0.1, 0.15) is 0 Å². The van der Waals surface area contributed by atoms with Crippen LogP contribution in [0.5, 0.6) is 11.5 Å². The normalized spacial score (nSPS) is 10.5. The molecule has 0 saturated heterocycles. The third-order valence-corrected chi connectivity index (χ3v) is 3.47. The van der Waals surface area contributed by atoms with Crippen molar-refractivity contribution in [1.29, 1.82) is 0 Å². The molecular formula is C18H14O6. The minimum atomic E-state index is -1.08.